The highest BCUT2D eigenvalue weighted by Crippen LogP contribution is 2.64. The van der Waals surface area contributed by atoms with Crippen molar-refractivity contribution in [2.75, 3.05) is 9.80 Å². The van der Waals surface area contributed by atoms with E-state index in [2.05, 4.69) is 289 Å². The number of rotatable bonds is 5. The molecule has 1 atom stereocenters. The molecule has 13 aromatic rings. The molecule has 0 saturated heterocycles. The van der Waals surface area contributed by atoms with Crippen LogP contribution in [0.3, 0.4) is 0 Å². The first-order valence-corrected chi connectivity index (χ1v) is 26.2. The zero-order valence-electron chi connectivity index (χ0n) is 41.4. The number of hydrogen-bond acceptors (Lipinski definition) is 3. The molecule has 0 bridgehead atoms. The second-order valence-corrected chi connectivity index (χ2v) is 20.2. The van der Waals surface area contributed by atoms with Crippen LogP contribution in [0, 0.1) is 0 Å². The molecule has 3 aliphatic rings. The Morgan fingerprint density at radius 3 is 1.57 bits per heavy atom. The van der Waals surface area contributed by atoms with Crippen LogP contribution in [0.25, 0.3) is 88.7 Å². The molecule has 0 N–H and O–H groups in total. The smallest absolute Gasteiger partial charge is 0.143 e. The molecule has 1 spiro atoms. The minimum absolute atomic E-state index is 0.693. The van der Waals surface area contributed by atoms with E-state index in [0.717, 1.165) is 72.8 Å². The van der Waals surface area contributed by atoms with Gasteiger partial charge in [0.25, 0.3) is 0 Å². The van der Waals surface area contributed by atoms with Crippen molar-refractivity contribution < 1.29 is 4.42 Å². The lowest BCUT2D eigenvalue weighted by Gasteiger charge is -2.36. The fourth-order valence-corrected chi connectivity index (χ4v) is 13.4. The van der Waals surface area contributed by atoms with Crippen molar-refractivity contribution in [2.24, 2.45) is 0 Å². The topological polar surface area (TPSA) is 19.6 Å². The van der Waals surface area contributed by atoms with Gasteiger partial charge in [0.1, 0.15) is 11.2 Å². The van der Waals surface area contributed by atoms with Gasteiger partial charge in [-0.05, 0) is 127 Å². The van der Waals surface area contributed by atoms with E-state index >= 15 is 0 Å². The highest BCUT2D eigenvalue weighted by Gasteiger charge is 2.51. The van der Waals surface area contributed by atoms with E-state index in [9.17, 15) is 0 Å². The van der Waals surface area contributed by atoms with Gasteiger partial charge in [-0.25, -0.2) is 0 Å². The Hall–Kier alpha value is -9.96. The Balaban J connectivity index is 0.988. The van der Waals surface area contributed by atoms with E-state index in [1.165, 1.54) is 72.3 Å². The van der Waals surface area contributed by atoms with E-state index in [4.69, 9.17) is 4.42 Å². The van der Waals surface area contributed by atoms with Crippen LogP contribution in [0.4, 0.5) is 34.1 Å². The van der Waals surface area contributed by atoms with Gasteiger partial charge in [-0.3, -0.25) is 0 Å². The molecular weight excluding hydrogens is 921 g/mol. The molecule has 12 aromatic carbocycles. The Bertz CT molecular complexity index is 4490. The standard InChI is InChI=1S/C73H46N2O/c1-3-21-47(22-4-1)51-25-11-17-35-67(51)74(49-39-41-54-56-29-12-18-36-68(56)75(48-23-5-2-6-24-48)69-37-19-13-30-57(69)61(54)45-49)50-40-43-65-62(46-50)53-27-8-7-26-52(53)55-28-9-15-33-63(55)73(65)64-34-16-10-32-60(64)71-66(73)44-42-59-58-31-14-20-38-70(58)76-72(59)71/h1-46H. The lowest BCUT2D eigenvalue weighted by atomic mass is 9.66. The summed E-state index contributed by atoms with van der Waals surface area (Å²) in [5, 5.41) is 2.27. The third-order valence-corrected chi connectivity index (χ3v) is 16.4. The van der Waals surface area contributed by atoms with Crippen molar-refractivity contribution in [3.63, 3.8) is 0 Å². The Kier molecular flexibility index (Phi) is 9.25. The van der Waals surface area contributed by atoms with Gasteiger partial charge >= 0.3 is 0 Å². The number of hydrogen-bond donors (Lipinski definition) is 0. The van der Waals surface area contributed by atoms with Crippen molar-refractivity contribution in [1.82, 2.24) is 0 Å². The third-order valence-electron chi connectivity index (χ3n) is 16.4. The summed E-state index contributed by atoms with van der Waals surface area (Å²) in [5.41, 5.74) is 26.9. The van der Waals surface area contributed by atoms with Crippen LogP contribution in [0.5, 0.6) is 0 Å². The minimum atomic E-state index is -0.693. The van der Waals surface area contributed by atoms with Gasteiger partial charge in [0.15, 0.2) is 0 Å². The van der Waals surface area contributed by atoms with Gasteiger partial charge in [0, 0.05) is 50.1 Å². The van der Waals surface area contributed by atoms with Crippen LogP contribution >= 0.6 is 0 Å². The van der Waals surface area contributed by atoms with E-state index in [-0.39, 0.29) is 0 Å². The van der Waals surface area contributed by atoms with Crippen LogP contribution in [0.15, 0.2) is 283 Å². The molecule has 3 heteroatoms. The number of anilines is 6. The molecule has 16 rings (SSSR count). The second-order valence-electron chi connectivity index (χ2n) is 20.2. The summed E-state index contributed by atoms with van der Waals surface area (Å²) in [5.74, 6) is 0. The SMILES string of the molecule is c1ccc(-c2ccccc2N(c2ccc3c(c2)-c2ccccc2N(c2ccccc2)c2ccccc2-3)c2ccc3c(c2)-c2ccccc2-c2ccccc2C32c3ccccc3-c3c2ccc2c3oc3ccccc32)cc1. The van der Waals surface area contributed by atoms with Gasteiger partial charge in [-0.1, -0.05) is 218 Å². The maximum absolute atomic E-state index is 6.96. The fourth-order valence-electron chi connectivity index (χ4n) is 13.4. The average Bonchev–Trinajstić information content (AvgIpc) is 3.98. The van der Waals surface area contributed by atoms with Crippen molar-refractivity contribution in [1.29, 1.82) is 0 Å². The summed E-state index contributed by atoms with van der Waals surface area (Å²) in [4.78, 5) is 4.92. The number of benzene rings is 12. The number of furan rings is 1. The molecule has 76 heavy (non-hydrogen) atoms. The lowest BCUT2D eigenvalue weighted by molar-refractivity contribution is 0.669. The molecule has 0 amide bonds. The Labute approximate surface area is 441 Å². The van der Waals surface area contributed by atoms with Crippen LogP contribution < -0.4 is 9.80 Å². The van der Waals surface area contributed by atoms with Gasteiger partial charge in [-0.15, -0.1) is 0 Å². The molecule has 2 aliphatic carbocycles. The van der Waals surface area contributed by atoms with Crippen LogP contribution in [0.2, 0.25) is 0 Å². The van der Waals surface area contributed by atoms with E-state index < -0.39 is 5.41 Å². The van der Waals surface area contributed by atoms with Crippen molar-refractivity contribution in [3.05, 3.63) is 301 Å². The molecule has 1 unspecified atom stereocenters. The van der Waals surface area contributed by atoms with Gasteiger partial charge in [0.05, 0.1) is 22.5 Å². The predicted molar refractivity (Wildman–Crippen MR) is 315 cm³/mol. The normalized spacial score (nSPS) is 14.3. The zero-order chi connectivity index (χ0) is 49.9. The summed E-state index contributed by atoms with van der Waals surface area (Å²) in [6.07, 6.45) is 0. The third kappa shape index (κ3) is 5.99. The maximum atomic E-state index is 6.96. The molecular formula is C73H46N2O. The Morgan fingerprint density at radius 2 is 0.816 bits per heavy atom. The lowest BCUT2D eigenvalue weighted by Crippen LogP contribution is -2.29. The van der Waals surface area contributed by atoms with Crippen molar-refractivity contribution in [2.45, 2.75) is 5.41 Å². The first-order chi connectivity index (χ1) is 37.7. The molecule has 3 nitrogen and oxygen atoms in total. The van der Waals surface area contributed by atoms with E-state index in [1.54, 1.807) is 0 Å². The van der Waals surface area contributed by atoms with Crippen LogP contribution in [-0.4, -0.2) is 0 Å². The summed E-state index contributed by atoms with van der Waals surface area (Å²) in [7, 11) is 0. The quantitative estimate of drug-likeness (QED) is 0.171. The highest BCUT2D eigenvalue weighted by molar-refractivity contribution is 6.13. The Morgan fingerprint density at radius 1 is 0.316 bits per heavy atom. The second kappa shape index (κ2) is 16.5. The number of fused-ring (bicyclic) bond motifs is 21. The van der Waals surface area contributed by atoms with Gasteiger partial charge in [-0.2, -0.15) is 0 Å². The summed E-state index contributed by atoms with van der Waals surface area (Å²) in [6.45, 7) is 0. The number of para-hydroxylation sites is 5. The average molecular weight is 967 g/mol. The van der Waals surface area contributed by atoms with Gasteiger partial charge in [0.2, 0.25) is 0 Å². The first-order valence-electron chi connectivity index (χ1n) is 26.2. The summed E-state index contributed by atoms with van der Waals surface area (Å²) >= 11 is 0. The number of nitrogens with zero attached hydrogens (tertiary/aromatic N) is 2. The largest absolute Gasteiger partial charge is 0.455 e. The fraction of sp³-hybridized carbons (Fsp3) is 0.0137. The summed E-state index contributed by atoms with van der Waals surface area (Å²) < 4.78 is 6.96. The van der Waals surface area contributed by atoms with E-state index in [0.29, 0.717) is 0 Å². The molecule has 2 heterocycles. The summed E-state index contributed by atoms with van der Waals surface area (Å²) in [6, 6.07) is 103. The molecule has 1 aromatic heterocycles. The van der Waals surface area contributed by atoms with Crippen LogP contribution in [0.1, 0.15) is 22.3 Å². The molecule has 1 aliphatic heterocycles. The van der Waals surface area contributed by atoms with Gasteiger partial charge < -0.3 is 14.2 Å². The molecule has 354 valence electrons. The predicted octanol–water partition coefficient (Wildman–Crippen LogP) is 19.9. The van der Waals surface area contributed by atoms with Crippen molar-refractivity contribution in [3.8, 4) is 66.8 Å². The maximum Gasteiger partial charge on any atom is 0.143 e. The molecule has 0 saturated carbocycles. The highest BCUT2D eigenvalue weighted by atomic mass is 16.3. The molecule has 0 fully saturated rings. The zero-order valence-corrected chi connectivity index (χ0v) is 41.4. The molecule has 0 radical (unpaired) electrons. The van der Waals surface area contributed by atoms with Crippen LogP contribution in [-0.2, 0) is 5.41 Å². The first kappa shape index (κ1) is 42.5. The van der Waals surface area contributed by atoms with Crippen molar-refractivity contribution >= 4 is 56.1 Å². The van der Waals surface area contributed by atoms with E-state index in [1.807, 2.05) is 0 Å². The minimum Gasteiger partial charge on any atom is -0.455 e. The monoisotopic (exact) mass is 966 g/mol.